The van der Waals surface area contributed by atoms with Crippen molar-refractivity contribution < 1.29 is 9.53 Å². The highest BCUT2D eigenvalue weighted by Gasteiger charge is 2.16. The van der Waals surface area contributed by atoms with Crippen molar-refractivity contribution in [1.82, 2.24) is 0 Å². The third-order valence-corrected chi connectivity index (χ3v) is 2.41. The molecule has 0 saturated carbocycles. The monoisotopic (exact) mass is 207 g/mol. The molecule has 0 heterocycles. The van der Waals surface area contributed by atoms with Crippen LogP contribution in [0.2, 0.25) is 0 Å². The summed E-state index contributed by atoms with van der Waals surface area (Å²) in [6.07, 6.45) is -0.0999. The van der Waals surface area contributed by atoms with Gasteiger partial charge in [-0.05, 0) is 25.0 Å². The zero-order chi connectivity index (χ0) is 11.4. The average molecular weight is 207 g/mol. The number of anilines is 1. The van der Waals surface area contributed by atoms with Gasteiger partial charge in [0.1, 0.15) is 6.10 Å². The molecular weight excluding hydrogens is 190 g/mol. The number of esters is 1. The first-order chi connectivity index (χ1) is 7.02. The van der Waals surface area contributed by atoms with E-state index < -0.39 is 0 Å². The first kappa shape index (κ1) is 11.6. The van der Waals surface area contributed by atoms with Gasteiger partial charge in [0.15, 0.2) is 0 Å². The summed E-state index contributed by atoms with van der Waals surface area (Å²) in [5.74, 6) is -0.0480. The van der Waals surface area contributed by atoms with Crippen LogP contribution >= 0.6 is 0 Å². The van der Waals surface area contributed by atoms with Gasteiger partial charge in [-0.3, -0.25) is 0 Å². The normalized spacial score (nSPS) is 12.5. The summed E-state index contributed by atoms with van der Waals surface area (Å²) in [6, 6.07) is 6.92. The Hall–Kier alpha value is -1.51. The van der Waals surface area contributed by atoms with Crippen molar-refractivity contribution in [3.05, 3.63) is 29.8 Å². The van der Waals surface area contributed by atoms with Crippen molar-refractivity contribution >= 4 is 11.7 Å². The standard InChI is InChI=1S/C12H17NO2/c1-8(2)9(3)15-12(14)10-6-4-5-7-11(10)13/h4-9H,13H2,1-3H3. The predicted molar refractivity (Wildman–Crippen MR) is 60.6 cm³/mol. The summed E-state index contributed by atoms with van der Waals surface area (Å²) in [7, 11) is 0. The zero-order valence-electron chi connectivity index (χ0n) is 9.36. The minimum absolute atomic E-state index is 0.0999. The molecule has 0 spiro atoms. The van der Waals surface area contributed by atoms with E-state index in [4.69, 9.17) is 10.5 Å². The second-order valence-corrected chi connectivity index (χ2v) is 3.94. The summed E-state index contributed by atoms with van der Waals surface area (Å²) in [4.78, 5) is 11.7. The van der Waals surface area contributed by atoms with E-state index in [-0.39, 0.29) is 12.1 Å². The minimum atomic E-state index is -0.352. The highest BCUT2D eigenvalue weighted by molar-refractivity contribution is 5.95. The van der Waals surface area contributed by atoms with Crippen molar-refractivity contribution in [2.75, 3.05) is 5.73 Å². The Morgan fingerprint density at radius 3 is 2.40 bits per heavy atom. The predicted octanol–water partition coefficient (Wildman–Crippen LogP) is 2.47. The molecule has 3 heteroatoms. The van der Waals surface area contributed by atoms with Crippen LogP contribution in [0, 0.1) is 5.92 Å². The average Bonchev–Trinajstić information content (AvgIpc) is 2.18. The molecule has 82 valence electrons. The molecule has 1 aromatic carbocycles. The zero-order valence-corrected chi connectivity index (χ0v) is 9.36. The Labute approximate surface area is 90.2 Å². The second kappa shape index (κ2) is 4.82. The second-order valence-electron chi connectivity index (χ2n) is 3.94. The van der Waals surface area contributed by atoms with Crippen molar-refractivity contribution in [3.8, 4) is 0 Å². The molecule has 0 aromatic heterocycles. The Bertz CT molecular complexity index is 347. The maximum absolute atomic E-state index is 11.7. The van der Waals surface area contributed by atoms with Crippen molar-refractivity contribution in [3.63, 3.8) is 0 Å². The number of nitrogen functional groups attached to an aromatic ring is 1. The van der Waals surface area contributed by atoms with Crippen LogP contribution in [0.15, 0.2) is 24.3 Å². The summed E-state index contributed by atoms with van der Waals surface area (Å²) in [5.41, 5.74) is 6.56. The molecule has 0 amide bonds. The smallest absolute Gasteiger partial charge is 0.340 e. The van der Waals surface area contributed by atoms with Crippen LogP contribution < -0.4 is 5.73 Å². The number of rotatable bonds is 3. The maximum Gasteiger partial charge on any atom is 0.340 e. The molecule has 0 aliphatic carbocycles. The Balaban J connectivity index is 2.74. The molecule has 15 heavy (non-hydrogen) atoms. The van der Waals surface area contributed by atoms with Gasteiger partial charge in [-0.2, -0.15) is 0 Å². The van der Waals surface area contributed by atoms with Crippen LogP contribution in [-0.2, 0) is 4.74 Å². The molecule has 0 aliphatic rings. The SMILES string of the molecule is CC(C)C(C)OC(=O)c1ccccc1N. The van der Waals surface area contributed by atoms with E-state index in [1.165, 1.54) is 0 Å². The number of ether oxygens (including phenoxy) is 1. The van der Waals surface area contributed by atoms with E-state index in [0.29, 0.717) is 17.2 Å². The lowest BCUT2D eigenvalue weighted by Gasteiger charge is -2.17. The lowest BCUT2D eigenvalue weighted by molar-refractivity contribution is 0.0239. The van der Waals surface area contributed by atoms with Gasteiger partial charge in [0.25, 0.3) is 0 Å². The van der Waals surface area contributed by atoms with Gasteiger partial charge < -0.3 is 10.5 Å². The first-order valence-corrected chi connectivity index (χ1v) is 5.08. The molecule has 1 atom stereocenters. The van der Waals surface area contributed by atoms with Gasteiger partial charge in [-0.1, -0.05) is 26.0 Å². The summed E-state index contributed by atoms with van der Waals surface area (Å²) in [6.45, 7) is 5.89. The van der Waals surface area contributed by atoms with E-state index in [1.807, 2.05) is 20.8 Å². The number of carbonyl (C=O) groups is 1. The lowest BCUT2D eigenvalue weighted by atomic mass is 10.1. The topological polar surface area (TPSA) is 52.3 Å². The number of nitrogens with two attached hydrogens (primary N) is 1. The third kappa shape index (κ3) is 2.98. The van der Waals surface area contributed by atoms with E-state index in [2.05, 4.69) is 0 Å². The molecule has 1 aromatic rings. The highest BCUT2D eigenvalue weighted by atomic mass is 16.5. The van der Waals surface area contributed by atoms with Gasteiger partial charge in [0.2, 0.25) is 0 Å². The molecule has 0 aliphatic heterocycles. The van der Waals surface area contributed by atoms with E-state index >= 15 is 0 Å². The summed E-state index contributed by atoms with van der Waals surface area (Å²) < 4.78 is 5.26. The first-order valence-electron chi connectivity index (χ1n) is 5.08. The quantitative estimate of drug-likeness (QED) is 0.612. The molecule has 0 bridgehead atoms. The number of benzene rings is 1. The fourth-order valence-electron chi connectivity index (χ4n) is 1.05. The van der Waals surface area contributed by atoms with Gasteiger partial charge in [-0.25, -0.2) is 4.79 Å². The molecular formula is C12H17NO2. The minimum Gasteiger partial charge on any atom is -0.459 e. The molecule has 1 unspecified atom stereocenters. The third-order valence-electron chi connectivity index (χ3n) is 2.41. The van der Waals surface area contributed by atoms with Crippen LogP contribution in [-0.4, -0.2) is 12.1 Å². The molecule has 2 N–H and O–H groups in total. The van der Waals surface area contributed by atoms with E-state index in [9.17, 15) is 4.79 Å². The van der Waals surface area contributed by atoms with Crippen LogP contribution in [0.5, 0.6) is 0 Å². The fourth-order valence-corrected chi connectivity index (χ4v) is 1.05. The maximum atomic E-state index is 11.7. The van der Waals surface area contributed by atoms with Gasteiger partial charge >= 0.3 is 5.97 Å². The number of hydrogen-bond donors (Lipinski definition) is 1. The van der Waals surface area contributed by atoms with E-state index in [1.54, 1.807) is 24.3 Å². The Kier molecular flexibility index (Phi) is 3.72. The molecule has 0 saturated heterocycles. The van der Waals surface area contributed by atoms with Gasteiger partial charge in [0.05, 0.1) is 5.56 Å². The lowest BCUT2D eigenvalue weighted by Crippen LogP contribution is -2.20. The van der Waals surface area contributed by atoms with Gasteiger partial charge in [0, 0.05) is 5.69 Å². The van der Waals surface area contributed by atoms with E-state index in [0.717, 1.165) is 0 Å². The van der Waals surface area contributed by atoms with Crippen molar-refractivity contribution in [2.24, 2.45) is 5.92 Å². The van der Waals surface area contributed by atoms with Crippen LogP contribution in [0.1, 0.15) is 31.1 Å². The molecule has 0 fully saturated rings. The largest absolute Gasteiger partial charge is 0.459 e. The van der Waals surface area contributed by atoms with Gasteiger partial charge in [-0.15, -0.1) is 0 Å². The molecule has 1 rings (SSSR count). The van der Waals surface area contributed by atoms with Crippen LogP contribution in [0.25, 0.3) is 0 Å². The summed E-state index contributed by atoms with van der Waals surface area (Å²) in [5, 5.41) is 0. The molecule has 3 nitrogen and oxygen atoms in total. The number of para-hydroxylation sites is 1. The van der Waals surface area contributed by atoms with Crippen LogP contribution in [0.4, 0.5) is 5.69 Å². The summed E-state index contributed by atoms with van der Waals surface area (Å²) >= 11 is 0. The van der Waals surface area contributed by atoms with Crippen molar-refractivity contribution in [2.45, 2.75) is 26.9 Å². The fraction of sp³-hybridized carbons (Fsp3) is 0.417. The number of carbonyl (C=O) groups excluding carboxylic acids is 1. The number of hydrogen-bond acceptors (Lipinski definition) is 3. The Morgan fingerprint density at radius 1 is 1.27 bits per heavy atom. The highest BCUT2D eigenvalue weighted by Crippen LogP contribution is 2.14. The van der Waals surface area contributed by atoms with Crippen molar-refractivity contribution in [1.29, 1.82) is 0 Å². The Morgan fingerprint density at radius 2 is 1.87 bits per heavy atom. The van der Waals surface area contributed by atoms with Crippen LogP contribution in [0.3, 0.4) is 0 Å². The molecule has 0 radical (unpaired) electrons.